The van der Waals surface area contributed by atoms with Gasteiger partial charge in [-0.15, -0.1) is 0 Å². The number of anilines is 1. The van der Waals surface area contributed by atoms with E-state index >= 15 is 0 Å². The minimum absolute atomic E-state index is 0.0147. The highest BCUT2D eigenvalue weighted by Crippen LogP contribution is 2.43. The van der Waals surface area contributed by atoms with E-state index < -0.39 is 0 Å². The minimum Gasteiger partial charge on any atom is -0.329 e. The van der Waals surface area contributed by atoms with Gasteiger partial charge in [-0.05, 0) is 18.6 Å². The molecule has 5 nitrogen and oxygen atoms in total. The van der Waals surface area contributed by atoms with Gasteiger partial charge in [-0.3, -0.25) is 9.59 Å². The van der Waals surface area contributed by atoms with Crippen molar-refractivity contribution in [3.63, 3.8) is 0 Å². The molecule has 2 atom stereocenters. The Morgan fingerprint density at radius 2 is 2.29 bits per heavy atom. The van der Waals surface area contributed by atoms with Crippen molar-refractivity contribution in [3.05, 3.63) is 29.8 Å². The van der Waals surface area contributed by atoms with Crippen LogP contribution in [-0.4, -0.2) is 18.0 Å². The van der Waals surface area contributed by atoms with Crippen LogP contribution in [0.3, 0.4) is 0 Å². The molecule has 1 fully saturated rings. The first kappa shape index (κ1) is 10.0. The van der Waals surface area contributed by atoms with Crippen LogP contribution in [0.5, 0.6) is 0 Å². The van der Waals surface area contributed by atoms with Crippen molar-refractivity contribution in [2.24, 2.45) is 16.9 Å². The molecule has 0 saturated heterocycles. The molecule has 2 N–H and O–H groups in total. The molecule has 0 spiro atoms. The lowest BCUT2D eigenvalue weighted by molar-refractivity contribution is -0.122. The lowest BCUT2D eigenvalue weighted by Crippen LogP contribution is -2.28. The van der Waals surface area contributed by atoms with Crippen LogP contribution in [0.15, 0.2) is 29.4 Å². The Kier molecular flexibility index (Phi) is 2.18. The smallest absolute Gasteiger partial charge is 0.243 e. The second kappa shape index (κ2) is 3.69. The number of carbonyl (C=O) groups excluding carboxylic acids is 2. The normalized spacial score (nSPS) is 25.4. The molecular formula is C12H11N3O2. The maximum atomic E-state index is 11.3. The van der Waals surface area contributed by atoms with Gasteiger partial charge in [0.15, 0.2) is 0 Å². The zero-order valence-corrected chi connectivity index (χ0v) is 9.01. The van der Waals surface area contributed by atoms with Gasteiger partial charge < -0.3 is 5.32 Å². The molecule has 1 heterocycles. The largest absolute Gasteiger partial charge is 0.329 e. The Labute approximate surface area is 97.9 Å². The molecule has 1 saturated carbocycles. The summed E-state index contributed by atoms with van der Waals surface area (Å²) in [7, 11) is 0. The lowest BCUT2D eigenvalue weighted by atomic mass is 10.0. The molecule has 5 heteroatoms. The number of fused-ring (bicyclic) bond motifs is 1. The van der Waals surface area contributed by atoms with Gasteiger partial charge in [0.05, 0.1) is 5.71 Å². The predicted molar refractivity (Wildman–Crippen MR) is 62.4 cm³/mol. The number of carbonyl (C=O) groups is 2. The Morgan fingerprint density at radius 3 is 3.12 bits per heavy atom. The third-order valence-corrected chi connectivity index (χ3v) is 3.15. The van der Waals surface area contributed by atoms with Crippen LogP contribution in [0, 0.1) is 11.8 Å². The second-order valence-electron chi connectivity index (χ2n) is 4.26. The Hall–Kier alpha value is -2.17. The molecule has 1 aromatic rings. The van der Waals surface area contributed by atoms with Crippen molar-refractivity contribution in [2.45, 2.75) is 6.42 Å². The number of hydrazone groups is 1. The van der Waals surface area contributed by atoms with Crippen molar-refractivity contribution >= 4 is 23.7 Å². The monoisotopic (exact) mass is 229 g/mol. The SMILES string of the molecule is O=CNc1cccc(C2=NNC(=O)C3CC23)c1. The number of benzene rings is 1. The molecule has 86 valence electrons. The quantitative estimate of drug-likeness (QED) is 0.750. The third-order valence-electron chi connectivity index (χ3n) is 3.15. The summed E-state index contributed by atoms with van der Waals surface area (Å²) in [5.41, 5.74) is 5.12. The zero-order chi connectivity index (χ0) is 11.8. The second-order valence-corrected chi connectivity index (χ2v) is 4.26. The van der Waals surface area contributed by atoms with Crippen LogP contribution in [0.2, 0.25) is 0 Å². The molecule has 3 rings (SSSR count). The molecule has 1 aliphatic carbocycles. The highest BCUT2D eigenvalue weighted by molar-refractivity contribution is 6.09. The molecule has 2 aliphatic rings. The summed E-state index contributed by atoms with van der Waals surface area (Å²) >= 11 is 0. The number of hydrogen-bond acceptors (Lipinski definition) is 3. The molecular weight excluding hydrogens is 218 g/mol. The molecule has 17 heavy (non-hydrogen) atoms. The van der Waals surface area contributed by atoms with Gasteiger partial charge in [0.2, 0.25) is 12.3 Å². The maximum Gasteiger partial charge on any atom is 0.243 e. The standard InChI is InChI=1S/C12H11N3O2/c16-6-13-8-3-1-2-7(4-8)11-9-5-10(9)12(17)15-14-11/h1-4,6,9-10H,5H2,(H,13,16)(H,15,17). The van der Waals surface area contributed by atoms with Gasteiger partial charge >= 0.3 is 0 Å². The number of amides is 2. The van der Waals surface area contributed by atoms with Crippen LogP contribution >= 0.6 is 0 Å². The summed E-state index contributed by atoms with van der Waals surface area (Å²) < 4.78 is 0. The van der Waals surface area contributed by atoms with Gasteiger partial charge in [-0.1, -0.05) is 12.1 Å². The summed E-state index contributed by atoms with van der Waals surface area (Å²) in [5.74, 6) is 0.348. The number of nitrogens with zero attached hydrogens (tertiary/aromatic N) is 1. The molecule has 0 aromatic heterocycles. The average Bonchev–Trinajstić information content (AvgIpc) is 3.11. The summed E-state index contributed by atoms with van der Waals surface area (Å²) in [6, 6.07) is 7.46. The molecule has 0 bridgehead atoms. The van der Waals surface area contributed by atoms with Gasteiger partial charge in [-0.25, -0.2) is 5.43 Å². The van der Waals surface area contributed by atoms with E-state index in [4.69, 9.17) is 0 Å². The van der Waals surface area contributed by atoms with Gasteiger partial charge in [-0.2, -0.15) is 5.10 Å². The summed E-state index contributed by atoms with van der Waals surface area (Å²) in [5, 5.41) is 6.71. The average molecular weight is 229 g/mol. The molecule has 2 amide bonds. The van der Waals surface area contributed by atoms with Gasteiger partial charge in [0.1, 0.15) is 0 Å². The summed E-state index contributed by atoms with van der Waals surface area (Å²) in [4.78, 5) is 21.7. The Bertz CT molecular complexity index is 524. The zero-order valence-electron chi connectivity index (χ0n) is 9.01. The first-order valence-electron chi connectivity index (χ1n) is 5.47. The number of rotatable bonds is 3. The highest BCUT2D eigenvalue weighted by atomic mass is 16.2. The van der Waals surface area contributed by atoms with Gasteiger partial charge in [0.25, 0.3) is 0 Å². The molecule has 0 radical (unpaired) electrons. The Morgan fingerprint density at radius 1 is 1.41 bits per heavy atom. The lowest BCUT2D eigenvalue weighted by Gasteiger charge is -2.12. The fraction of sp³-hybridized carbons (Fsp3) is 0.250. The van der Waals surface area contributed by atoms with Crippen molar-refractivity contribution in [2.75, 3.05) is 5.32 Å². The van der Waals surface area contributed by atoms with Crippen LogP contribution in [0.25, 0.3) is 0 Å². The van der Waals surface area contributed by atoms with Crippen molar-refractivity contribution in [1.82, 2.24) is 5.43 Å². The molecule has 1 aliphatic heterocycles. The number of nitrogens with one attached hydrogen (secondary N) is 2. The van der Waals surface area contributed by atoms with E-state index in [0.29, 0.717) is 6.41 Å². The fourth-order valence-electron chi connectivity index (χ4n) is 2.18. The van der Waals surface area contributed by atoms with E-state index in [2.05, 4.69) is 15.8 Å². The van der Waals surface area contributed by atoms with Crippen LogP contribution in [0.1, 0.15) is 12.0 Å². The van der Waals surface area contributed by atoms with E-state index in [1.165, 1.54) is 0 Å². The number of hydrogen-bond donors (Lipinski definition) is 2. The van der Waals surface area contributed by atoms with Crippen molar-refractivity contribution in [3.8, 4) is 0 Å². The Balaban J connectivity index is 1.91. The first-order chi connectivity index (χ1) is 8.29. The van der Waals surface area contributed by atoms with E-state index in [9.17, 15) is 9.59 Å². The third kappa shape index (κ3) is 1.69. The van der Waals surface area contributed by atoms with E-state index in [1.54, 1.807) is 0 Å². The van der Waals surface area contributed by atoms with Crippen molar-refractivity contribution < 1.29 is 9.59 Å². The fourth-order valence-corrected chi connectivity index (χ4v) is 2.18. The maximum absolute atomic E-state index is 11.3. The predicted octanol–water partition coefficient (Wildman–Crippen LogP) is 0.725. The summed E-state index contributed by atoms with van der Waals surface area (Å²) in [6.07, 6.45) is 1.51. The summed E-state index contributed by atoms with van der Waals surface area (Å²) in [6.45, 7) is 0. The highest BCUT2D eigenvalue weighted by Gasteiger charge is 2.49. The molecule has 1 aromatic carbocycles. The van der Waals surface area contributed by atoms with Crippen molar-refractivity contribution in [1.29, 1.82) is 0 Å². The van der Waals surface area contributed by atoms with Crippen LogP contribution < -0.4 is 10.7 Å². The topological polar surface area (TPSA) is 70.6 Å². The molecule has 2 unspecified atom stereocenters. The van der Waals surface area contributed by atoms with E-state index in [-0.39, 0.29) is 17.7 Å². The first-order valence-corrected chi connectivity index (χ1v) is 5.47. The van der Waals surface area contributed by atoms with E-state index in [0.717, 1.165) is 23.4 Å². The van der Waals surface area contributed by atoms with Gasteiger partial charge in [0, 0.05) is 23.1 Å². The van der Waals surface area contributed by atoms with Crippen LogP contribution in [0.4, 0.5) is 5.69 Å². The minimum atomic E-state index is 0.0147. The van der Waals surface area contributed by atoms with Crippen LogP contribution in [-0.2, 0) is 9.59 Å². The van der Waals surface area contributed by atoms with E-state index in [1.807, 2.05) is 24.3 Å².